The van der Waals surface area contributed by atoms with Gasteiger partial charge in [0.15, 0.2) is 15.0 Å². The van der Waals surface area contributed by atoms with Crippen LogP contribution in [0.2, 0.25) is 0 Å². The number of halogens is 6. The van der Waals surface area contributed by atoms with Crippen molar-refractivity contribution in [1.82, 2.24) is 0 Å². The summed E-state index contributed by atoms with van der Waals surface area (Å²) < 4.78 is 103. The van der Waals surface area contributed by atoms with Gasteiger partial charge in [0.2, 0.25) is 5.91 Å². The van der Waals surface area contributed by atoms with Crippen molar-refractivity contribution in [2.45, 2.75) is 30.6 Å². The quantitative estimate of drug-likeness (QED) is 0.619. The van der Waals surface area contributed by atoms with Crippen LogP contribution in [0.5, 0.6) is 0 Å². The minimum Gasteiger partial charge on any atom is -0.316 e. The molecule has 0 N–H and O–H groups in total. The number of amides is 1. The van der Waals surface area contributed by atoms with Gasteiger partial charge in [0, 0.05) is 17.9 Å². The lowest BCUT2D eigenvalue weighted by Gasteiger charge is -2.26. The number of benzene rings is 1. The molecule has 0 saturated carbocycles. The number of sulfone groups is 1. The van der Waals surface area contributed by atoms with Gasteiger partial charge in [-0.3, -0.25) is 4.79 Å². The van der Waals surface area contributed by atoms with Gasteiger partial charge in [0.25, 0.3) is 0 Å². The van der Waals surface area contributed by atoms with E-state index in [1.807, 2.05) is 0 Å². The van der Waals surface area contributed by atoms with E-state index in [4.69, 9.17) is 0 Å². The van der Waals surface area contributed by atoms with Gasteiger partial charge in [-0.25, -0.2) is 8.42 Å². The summed E-state index contributed by atoms with van der Waals surface area (Å²) in [4.78, 5) is 16.0. The molecule has 2 aliphatic heterocycles. The fourth-order valence-corrected chi connectivity index (χ4v) is 7.04. The van der Waals surface area contributed by atoms with Crippen molar-refractivity contribution in [3.05, 3.63) is 29.3 Å². The SMILES string of the molecule is CC(=O)N=C1S[C@@H]2CS(=O)(=O)C[C@H]2N1c1cc(C(F)(F)F)cc(C(F)(F)F)c1. The van der Waals surface area contributed by atoms with Gasteiger partial charge >= 0.3 is 12.4 Å². The number of carbonyl (C=O) groups is 1. The number of amidine groups is 1. The number of fused-ring (bicyclic) bond motifs is 1. The Morgan fingerprint density at radius 1 is 1.07 bits per heavy atom. The summed E-state index contributed by atoms with van der Waals surface area (Å²) in [5, 5.41) is -0.767. The van der Waals surface area contributed by atoms with Crippen LogP contribution in [0.4, 0.5) is 32.0 Å². The Labute approximate surface area is 159 Å². The van der Waals surface area contributed by atoms with Gasteiger partial charge in [-0.15, -0.1) is 0 Å². The molecule has 13 heteroatoms. The van der Waals surface area contributed by atoms with Crippen LogP contribution in [-0.4, -0.2) is 42.3 Å². The van der Waals surface area contributed by atoms with Gasteiger partial charge < -0.3 is 4.90 Å². The van der Waals surface area contributed by atoms with Crippen LogP contribution < -0.4 is 4.90 Å². The fraction of sp³-hybridized carbons (Fsp3) is 0.467. The lowest BCUT2D eigenvalue weighted by atomic mass is 10.1. The highest BCUT2D eigenvalue weighted by Gasteiger charge is 2.50. The molecule has 3 rings (SSSR count). The lowest BCUT2D eigenvalue weighted by molar-refractivity contribution is -0.143. The first kappa shape index (κ1) is 21.0. The molecule has 0 radical (unpaired) electrons. The zero-order chi connectivity index (χ0) is 21.1. The van der Waals surface area contributed by atoms with Crippen LogP contribution >= 0.6 is 11.8 Å². The molecule has 28 heavy (non-hydrogen) atoms. The van der Waals surface area contributed by atoms with Gasteiger partial charge in [-0.1, -0.05) is 11.8 Å². The number of anilines is 1. The number of rotatable bonds is 1. The Kier molecular flexibility index (Phi) is 4.97. The van der Waals surface area contributed by atoms with Gasteiger partial charge in [0.05, 0.1) is 28.7 Å². The molecule has 1 amide bonds. The van der Waals surface area contributed by atoms with Crippen molar-refractivity contribution in [3.63, 3.8) is 0 Å². The maximum Gasteiger partial charge on any atom is 0.416 e. The molecule has 2 atom stereocenters. The van der Waals surface area contributed by atoms with Crippen molar-refractivity contribution < 1.29 is 39.6 Å². The summed E-state index contributed by atoms with van der Waals surface area (Å²) in [5.74, 6) is -1.47. The standard InChI is InChI=1S/C15H12F6N2O3S2/c1-7(24)22-13-23(11-5-28(25,26)6-12(11)27-13)10-3-8(14(16,17)18)2-9(4-10)15(19,20)21/h2-4,11-12H,5-6H2,1H3/t11-,12-/m1/s1. The molecule has 0 spiro atoms. The summed E-state index contributed by atoms with van der Waals surface area (Å²) in [5.41, 5.74) is -3.58. The molecule has 2 saturated heterocycles. The molecule has 0 bridgehead atoms. The van der Waals surface area contributed by atoms with Crippen LogP contribution in [0, 0.1) is 0 Å². The van der Waals surface area contributed by atoms with Crippen LogP contribution in [0.1, 0.15) is 18.1 Å². The second kappa shape index (κ2) is 6.65. The highest BCUT2D eigenvalue weighted by atomic mass is 32.2. The number of alkyl halides is 6. The monoisotopic (exact) mass is 446 g/mol. The summed E-state index contributed by atoms with van der Waals surface area (Å²) in [6.45, 7) is 1.07. The van der Waals surface area contributed by atoms with E-state index in [-0.39, 0.29) is 17.0 Å². The Balaban J connectivity index is 2.19. The molecular formula is C15H12F6N2O3S2. The van der Waals surface area contributed by atoms with Crippen molar-refractivity contribution in [3.8, 4) is 0 Å². The molecule has 0 aromatic heterocycles. The number of hydrogen-bond acceptors (Lipinski definition) is 4. The van der Waals surface area contributed by atoms with Gasteiger partial charge in [-0.2, -0.15) is 31.3 Å². The number of hydrogen-bond donors (Lipinski definition) is 0. The third-order valence-electron chi connectivity index (χ3n) is 4.17. The molecule has 2 aliphatic rings. The summed E-state index contributed by atoms with van der Waals surface area (Å²) in [7, 11) is -3.52. The number of thioether (sulfide) groups is 1. The summed E-state index contributed by atoms with van der Waals surface area (Å²) in [6.07, 6.45) is -10.1. The van der Waals surface area contributed by atoms with Gasteiger partial charge in [0.1, 0.15) is 0 Å². The fourth-order valence-electron chi connectivity index (χ4n) is 3.08. The number of nitrogens with zero attached hydrogens (tertiary/aromatic N) is 2. The Morgan fingerprint density at radius 3 is 2.07 bits per heavy atom. The van der Waals surface area contributed by atoms with Crippen LogP contribution in [0.3, 0.4) is 0 Å². The molecule has 0 unspecified atom stereocenters. The second-order valence-corrected chi connectivity index (χ2v) is 9.71. The summed E-state index contributed by atoms with van der Waals surface area (Å²) in [6, 6.07) is 0.0623. The van der Waals surface area contributed by atoms with Crippen LogP contribution in [-0.2, 0) is 27.0 Å². The average molecular weight is 446 g/mol. The lowest BCUT2D eigenvalue weighted by Crippen LogP contribution is -2.38. The Bertz CT molecular complexity index is 923. The predicted octanol–water partition coefficient (Wildman–Crippen LogP) is 3.35. The first-order valence-corrected chi connectivity index (χ1v) is 10.4. The van der Waals surface area contributed by atoms with E-state index >= 15 is 0 Å². The topological polar surface area (TPSA) is 66.8 Å². The third kappa shape index (κ3) is 4.14. The minimum absolute atomic E-state index is 0.0165. The first-order valence-electron chi connectivity index (χ1n) is 7.72. The normalized spacial score (nSPS) is 26.0. The maximum absolute atomic E-state index is 13.2. The predicted molar refractivity (Wildman–Crippen MR) is 90.9 cm³/mol. The Morgan fingerprint density at radius 2 is 1.61 bits per heavy atom. The highest BCUT2D eigenvalue weighted by Crippen LogP contribution is 2.44. The number of carbonyl (C=O) groups excluding carboxylic acids is 1. The molecule has 5 nitrogen and oxygen atoms in total. The van der Waals surface area contributed by atoms with E-state index in [0.29, 0.717) is 12.1 Å². The average Bonchev–Trinajstić information content (AvgIpc) is 2.95. The van der Waals surface area contributed by atoms with E-state index in [1.54, 1.807) is 0 Å². The largest absolute Gasteiger partial charge is 0.416 e. The van der Waals surface area contributed by atoms with E-state index in [0.717, 1.165) is 23.6 Å². The van der Waals surface area contributed by atoms with Gasteiger partial charge in [-0.05, 0) is 18.2 Å². The van der Waals surface area contributed by atoms with E-state index < -0.39 is 62.0 Å². The summed E-state index contributed by atoms with van der Waals surface area (Å²) >= 11 is 0.855. The van der Waals surface area contributed by atoms with Crippen molar-refractivity contribution in [2.24, 2.45) is 4.99 Å². The van der Waals surface area contributed by atoms with Crippen LogP contribution in [0.25, 0.3) is 0 Å². The van der Waals surface area contributed by atoms with Crippen LogP contribution in [0.15, 0.2) is 23.2 Å². The van der Waals surface area contributed by atoms with Crippen molar-refractivity contribution in [1.29, 1.82) is 0 Å². The zero-order valence-corrected chi connectivity index (χ0v) is 15.6. The molecule has 154 valence electrons. The van der Waals surface area contributed by atoms with E-state index in [2.05, 4.69) is 4.99 Å². The molecule has 0 aliphatic carbocycles. The minimum atomic E-state index is -5.05. The smallest absolute Gasteiger partial charge is 0.316 e. The molecule has 2 heterocycles. The second-order valence-electron chi connectivity index (χ2n) is 6.35. The molecule has 1 aromatic carbocycles. The maximum atomic E-state index is 13.2. The van der Waals surface area contributed by atoms with Crippen molar-refractivity contribution in [2.75, 3.05) is 16.4 Å². The van der Waals surface area contributed by atoms with Crippen molar-refractivity contribution >= 4 is 38.4 Å². The first-order chi connectivity index (χ1) is 12.7. The molecule has 2 fully saturated rings. The highest BCUT2D eigenvalue weighted by molar-refractivity contribution is 8.16. The van der Waals surface area contributed by atoms with E-state index in [1.165, 1.54) is 0 Å². The molecule has 1 aromatic rings. The Hall–Kier alpha value is -1.76. The zero-order valence-electron chi connectivity index (χ0n) is 14.0. The number of aliphatic imine (C=N–C) groups is 1. The molecular weight excluding hydrogens is 434 g/mol. The van der Waals surface area contributed by atoms with E-state index in [9.17, 15) is 39.6 Å². The third-order valence-corrected chi connectivity index (χ3v) is 7.38.